The van der Waals surface area contributed by atoms with E-state index >= 15 is 0 Å². The molecule has 1 aromatic rings. The molecule has 7 heteroatoms. The molecule has 1 aliphatic rings. The molecule has 2 rings (SSSR count). The molecule has 0 radical (unpaired) electrons. The van der Waals surface area contributed by atoms with Crippen molar-refractivity contribution in [3.63, 3.8) is 0 Å². The van der Waals surface area contributed by atoms with E-state index < -0.39 is 10.0 Å². The average Bonchev–Trinajstić information content (AvgIpc) is 2.44. The summed E-state index contributed by atoms with van der Waals surface area (Å²) in [5.41, 5.74) is 0. The van der Waals surface area contributed by atoms with Crippen LogP contribution in [0, 0.1) is 0 Å². The Balaban J connectivity index is 1.96. The first kappa shape index (κ1) is 16.8. The Bertz CT molecular complexity index is 617. The van der Waals surface area contributed by atoms with Crippen LogP contribution < -0.4 is 9.88 Å². The zero-order valence-corrected chi connectivity index (χ0v) is 13.7. The lowest BCUT2D eigenvalue weighted by Crippen LogP contribution is -2.49. The van der Waals surface area contributed by atoms with E-state index in [-0.39, 0.29) is 29.5 Å². The van der Waals surface area contributed by atoms with Crippen molar-refractivity contribution < 1.29 is 17.9 Å². The predicted molar refractivity (Wildman–Crippen MR) is 82.9 cm³/mol. The summed E-state index contributed by atoms with van der Waals surface area (Å²) in [5, 5.41) is 5.03. The minimum absolute atomic E-state index is 0.0180. The minimum Gasteiger partial charge on any atom is -0.484 e. The molecule has 0 aliphatic carbocycles. The quantitative estimate of drug-likeness (QED) is 0.908. The van der Waals surface area contributed by atoms with E-state index in [2.05, 4.69) is 13.8 Å². The topological polar surface area (TPSA) is 89.7 Å². The van der Waals surface area contributed by atoms with Crippen molar-refractivity contribution >= 4 is 15.9 Å². The van der Waals surface area contributed by atoms with Crippen molar-refractivity contribution in [3.8, 4) is 5.75 Å². The van der Waals surface area contributed by atoms with Crippen LogP contribution in [0.1, 0.15) is 33.1 Å². The number of rotatable bonds is 4. The van der Waals surface area contributed by atoms with Crippen LogP contribution >= 0.6 is 0 Å². The second-order valence-corrected chi connectivity index (χ2v) is 7.30. The number of carbonyl (C=O) groups is 1. The molecule has 2 N–H and O–H groups in total. The summed E-state index contributed by atoms with van der Waals surface area (Å²) in [7, 11) is -3.71. The molecule has 0 unspecified atom stereocenters. The number of primary sulfonamides is 1. The third-order valence-electron chi connectivity index (χ3n) is 4.00. The van der Waals surface area contributed by atoms with Gasteiger partial charge in [-0.05, 0) is 57.4 Å². The van der Waals surface area contributed by atoms with Gasteiger partial charge < -0.3 is 9.64 Å². The normalized spacial score (nSPS) is 22.4. The molecule has 122 valence electrons. The molecular weight excluding hydrogens is 304 g/mol. The standard InChI is InChI=1S/C15H22N2O4S/c1-11-4-3-5-12(2)17(11)15(18)10-21-13-6-8-14(9-7-13)22(16,19)20/h6-9,11-12H,3-5,10H2,1-2H3,(H2,16,19,20)/t11-,12+. The number of piperidine rings is 1. The second kappa shape index (κ2) is 6.66. The fraction of sp³-hybridized carbons (Fsp3) is 0.533. The van der Waals surface area contributed by atoms with Gasteiger partial charge in [-0.15, -0.1) is 0 Å². The number of sulfonamides is 1. The van der Waals surface area contributed by atoms with Gasteiger partial charge in [-0.2, -0.15) is 0 Å². The van der Waals surface area contributed by atoms with Gasteiger partial charge in [0.05, 0.1) is 4.90 Å². The van der Waals surface area contributed by atoms with Gasteiger partial charge in [0, 0.05) is 12.1 Å². The summed E-state index contributed by atoms with van der Waals surface area (Å²) in [6, 6.07) is 6.17. The fourth-order valence-electron chi connectivity index (χ4n) is 2.86. The van der Waals surface area contributed by atoms with E-state index in [9.17, 15) is 13.2 Å². The van der Waals surface area contributed by atoms with E-state index in [0.29, 0.717) is 5.75 Å². The average molecular weight is 326 g/mol. The first-order chi connectivity index (χ1) is 10.3. The Labute approximate surface area is 131 Å². The zero-order valence-electron chi connectivity index (χ0n) is 12.9. The van der Waals surface area contributed by atoms with Gasteiger partial charge >= 0.3 is 0 Å². The molecule has 0 bridgehead atoms. The van der Waals surface area contributed by atoms with Crippen LogP contribution in [0.25, 0.3) is 0 Å². The van der Waals surface area contributed by atoms with E-state index in [1.165, 1.54) is 24.3 Å². The number of likely N-dealkylation sites (tertiary alicyclic amines) is 1. The minimum atomic E-state index is -3.71. The van der Waals surface area contributed by atoms with Crippen LogP contribution in [0.3, 0.4) is 0 Å². The summed E-state index contributed by atoms with van der Waals surface area (Å²) in [6.45, 7) is 4.05. The van der Waals surface area contributed by atoms with Crippen molar-refractivity contribution in [1.82, 2.24) is 4.90 Å². The number of nitrogens with two attached hydrogens (primary N) is 1. The molecule has 2 atom stereocenters. The lowest BCUT2D eigenvalue weighted by atomic mass is 9.97. The molecule has 0 spiro atoms. The van der Waals surface area contributed by atoms with Gasteiger partial charge in [0.15, 0.2) is 6.61 Å². The van der Waals surface area contributed by atoms with Crippen LogP contribution in [-0.4, -0.2) is 37.9 Å². The largest absolute Gasteiger partial charge is 0.484 e. The number of benzene rings is 1. The van der Waals surface area contributed by atoms with E-state index in [0.717, 1.165) is 19.3 Å². The SMILES string of the molecule is C[C@@H]1CCC[C@H](C)N1C(=O)COc1ccc(S(N)(=O)=O)cc1. The Morgan fingerprint density at radius 2 is 1.77 bits per heavy atom. The van der Waals surface area contributed by atoms with Crippen molar-refractivity contribution in [3.05, 3.63) is 24.3 Å². The number of carbonyl (C=O) groups excluding carboxylic acids is 1. The Kier molecular flexibility index (Phi) is 5.08. The predicted octanol–water partition coefficient (Wildman–Crippen LogP) is 1.50. The summed E-state index contributed by atoms with van der Waals surface area (Å²) in [4.78, 5) is 14.2. The van der Waals surface area contributed by atoms with Crippen molar-refractivity contribution in [2.24, 2.45) is 5.14 Å². The highest BCUT2D eigenvalue weighted by molar-refractivity contribution is 7.89. The van der Waals surface area contributed by atoms with E-state index in [1.54, 1.807) is 0 Å². The molecule has 22 heavy (non-hydrogen) atoms. The molecule has 1 fully saturated rings. The maximum Gasteiger partial charge on any atom is 0.260 e. The zero-order chi connectivity index (χ0) is 16.3. The van der Waals surface area contributed by atoms with Crippen LogP contribution in [0.4, 0.5) is 0 Å². The fourth-order valence-corrected chi connectivity index (χ4v) is 3.37. The maximum absolute atomic E-state index is 12.3. The molecular formula is C15H22N2O4S. The van der Waals surface area contributed by atoms with Gasteiger partial charge in [0.25, 0.3) is 5.91 Å². The van der Waals surface area contributed by atoms with Crippen LogP contribution in [0.15, 0.2) is 29.2 Å². The van der Waals surface area contributed by atoms with Crippen molar-refractivity contribution in [1.29, 1.82) is 0 Å². The van der Waals surface area contributed by atoms with E-state index in [1.807, 2.05) is 4.90 Å². The molecule has 0 saturated carbocycles. The Hall–Kier alpha value is -1.60. The molecule has 1 saturated heterocycles. The van der Waals surface area contributed by atoms with Gasteiger partial charge in [0.2, 0.25) is 10.0 Å². The number of amides is 1. The number of hydrogen-bond acceptors (Lipinski definition) is 4. The molecule has 1 aromatic carbocycles. The number of hydrogen-bond donors (Lipinski definition) is 1. The van der Waals surface area contributed by atoms with Crippen molar-refractivity contribution in [2.45, 2.75) is 50.1 Å². The lowest BCUT2D eigenvalue weighted by Gasteiger charge is -2.38. The highest BCUT2D eigenvalue weighted by atomic mass is 32.2. The van der Waals surface area contributed by atoms with Gasteiger partial charge in [0.1, 0.15) is 5.75 Å². The van der Waals surface area contributed by atoms with Gasteiger partial charge in [-0.3, -0.25) is 4.79 Å². The first-order valence-corrected chi connectivity index (χ1v) is 8.90. The molecule has 1 aliphatic heterocycles. The summed E-state index contributed by atoms with van der Waals surface area (Å²) in [5.74, 6) is 0.397. The Morgan fingerprint density at radius 1 is 1.23 bits per heavy atom. The molecule has 1 heterocycles. The first-order valence-electron chi connectivity index (χ1n) is 7.36. The third-order valence-corrected chi connectivity index (χ3v) is 4.93. The molecule has 1 amide bonds. The summed E-state index contributed by atoms with van der Waals surface area (Å²) in [6.07, 6.45) is 3.17. The van der Waals surface area contributed by atoms with Gasteiger partial charge in [-0.25, -0.2) is 13.6 Å². The highest BCUT2D eigenvalue weighted by Crippen LogP contribution is 2.23. The number of nitrogens with zero attached hydrogens (tertiary/aromatic N) is 1. The maximum atomic E-state index is 12.3. The summed E-state index contributed by atoms with van der Waals surface area (Å²) < 4.78 is 27.8. The third kappa shape index (κ3) is 3.98. The van der Waals surface area contributed by atoms with Crippen LogP contribution in [-0.2, 0) is 14.8 Å². The Morgan fingerprint density at radius 3 is 2.27 bits per heavy atom. The monoisotopic (exact) mass is 326 g/mol. The van der Waals surface area contributed by atoms with Crippen molar-refractivity contribution in [2.75, 3.05) is 6.61 Å². The number of ether oxygens (including phenoxy) is 1. The molecule has 0 aromatic heterocycles. The van der Waals surface area contributed by atoms with Crippen LogP contribution in [0.5, 0.6) is 5.75 Å². The summed E-state index contributed by atoms with van der Waals surface area (Å²) >= 11 is 0. The van der Waals surface area contributed by atoms with E-state index in [4.69, 9.17) is 9.88 Å². The van der Waals surface area contributed by atoms with Gasteiger partial charge in [-0.1, -0.05) is 0 Å². The van der Waals surface area contributed by atoms with Crippen LogP contribution in [0.2, 0.25) is 0 Å². The smallest absolute Gasteiger partial charge is 0.260 e. The highest BCUT2D eigenvalue weighted by Gasteiger charge is 2.28. The molecule has 6 nitrogen and oxygen atoms in total. The lowest BCUT2D eigenvalue weighted by molar-refractivity contribution is -0.139. The second-order valence-electron chi connectivity index (χ2n) is 5.74.